The molecule has 8 nitrogen and oxygen atoms in total. The summed E-state index contributed by atoms with van der Waals surface area (Å²) in [5, 5.41) is 8.89. The van der Waals surface area contributed by atoms with E-state index in [9.17, 15) is 18.0 Å². The van der Waals surface area contributed by atoms with E-state index in [1.807, 2.05) is 54.6 Å². The van der Waals surface area contributed by atoms with Crippen molar-refractivity contribution in [3.63, 3.8) is 0 Å². The highest BCUT2D eigenvalue weighted by molar-refractivity contribution is 7.92. The average Bonchev–Trinajstić information content (AvgIpc) is 3.16. The Balaban J connectivity index is 1.68. The predicted octanol–water partition coefficient (Wildman–Crippen LogP) is 3.52. The third-order valence-corrected chi connectivity index (χ3v) is 6.69. The number of nitrogens with one attached hydrogen (secondary N) is 3. The fraction of sp³-hybridized carbons (Fsp3) is 0.154. The van der Waals surface area contributed by atoms with Crippen LogP contribution in [0.25, 0.3) is 11.3 Å². The van der Waals surface area contributed by atoms with E-state index in [0.29, 0.717) is 22.6 Å². The van der Waals surface area contributed by atoms with Gasteiger partial charge in [-0.2, -0.15) is 0 Å². The van der Waals surface area contributed by atoms with E-state index in [1.165, 1.54) is 11.2 Å². The van der Waals surface area contributed by atoms with E-state index in [0.717, 1.165) is 23.1 Å². The first-order valence-electron chi connectivity index (χ1n) is 11.0. The molecule has 0 unspecified atom stereocenters. The van der Waals surface area contributed by atoms with Crippen LogP contribution in [-0.4, -0.2) is 39.6 Å². The Bertz CT molecular complexity index is 1380. The van der Waals surface area contributed by atoms with Gasteiger partial charge in [-0.05, 0) is 35.9 Å². The van der Waals surface area contributed by atoms with Gasteiger partial charge in [0.25, 0.3) is 5.91 Å². The first-order chi connectivity index (χ1) is 16.7. The second kappa shape index (κ2) is 10.0. The molecule has 4 rings (SSSR count). The molecule has 9 heteroatoms. The largest absolute Gasteiger partial charge is 0.355 e. The van der Waals surface area contributed by atoms with E-state index in [4.69, 9.17) is 0 Å². The minimum Gasteiger partial charge on any atom is -0.355 e. The Kier molecular flexibility index (Phi) is 6.88. The maximum Gasteiger partial charge on any atom is 0.258 e. The van der Waals surface area contributed by atoms with Crippen molar-refractivity contribution in [3.8, 4) is 0 Å². The number of anilines is 3. The van der Waals surface area contributed by atoms with Crippen LogP contribution in [0.5, 0.6) is 0 Å². The minimum absolute atomic E-state index is 0.113. The number of fused-ring (bicyclic) bond motifs is 1. The van der Waals surface area contributed by atoms with Crippen LogP contribution >= 0.6 is 0 Å². The van der Waals surface area contributed by atoms with Crippen molar-refractivity contribution in [2.45, 2.75) is 6.92 Å². The Labute approximate surface area is 204 Å². The van der Waals surface area contributed by atoms with Crippen LogP contribution in [-0.2, 0) is 19.6 Å². The van der Waals surface area contributed by atoms with Gasteiger partial charge >= 0.3 is 0 Å². The average molecular weight is 491 g/mol. The van der Waals surface area contributed by atoms with Gasteiger partial charge in [-0.25, -0.2) is 8.42 Å². The monoisotopic (exact) mass is 490 g/mol. The van der Waals surface area contributed by atoms with Crippen LogP contribution in [0, 0.1) is 0 Å². The zero-order valence-corrected chi connectivity index (χ0v) is 20.2. The second-order valence-corrected chi connectivity index (χ2v) is 10.0. The highest BCUT2D eigenvalue weighted by atomic mass is 32.2. The molecule has 0 atom stereocenters. The summed E-state index contributed by atoms with van der Waals surface area (Å²) in [7, 11) is -3.55. The van der Waals surface area contributed by atoms with Gasteiger partial charge in [0, 0.05) is 30.4 Å². The van der Waals surface area contributed by atoms with E-state index in [2.05, 4.69) is 16.0 Å². The molecule has 3 aromatic carbocycles. The number of amides is 2. The Morgan fingerprint density at radius 1 is 0.943 bits per heavy atom. The lowest BCUT2D eigenvalue weighted by Crippen LogP contribution is -2.37. The van der Waals surface area contributed by atoms with Crippen LogP contribution in [0.2, 0.25) is 0 Å². The van der Waals surface area contributed by atoms with Gasteiger partial charge in [-0.1, -0.05) is 48.5 Å². The van der Waals surface area contributed by atoms with Crippen LogP contribution in [0.4, 0.5) is 17.1 Å². The number of benzene rings is 3. The van der Waals surface area contributed by atoms with E-state index in [-0.39, 0.29) is 24.9 Å². The molecule has 0 fully saturated rings. The van der Waals surface area contributed by atoms with Crippen LogP contribution < -0.4 is 20.3 Å². The number of rotatable bonds is 8. The molecule has 2 amide bonds. The summed E-state index contributed by atoms with van der Waals surface area (Å²) < 4.78 is 25.9. The van der Waals surface area contributed by atoms with Crippen LogP contribution in [0.1, 0.15) is 18.1 Å². The molecule has 180 valence electrons. The van der Waals surface area contributed by atoms with Crippen molar-refractivity contribution in [2.75, 3.05) is 34.3 Å². The van der Waals surface area contributed by atoms with Crippen molar-refractivity contribution in [1.82, 2.24) is 5.32 Å². The number of hydrogen-bond acceptors (Lipinski definition) is 5. The second-order valence-electron chi connectivity index (χ2n) is 8.11. The van der Waals surface area contributed by atoms with Gasteiger partial charge in [0.1, 0.15) is 0 Å². The zero-order chi connectivity index (χ0) is 25.0. The molecule has 3 N–H and O–H groups in total. The number of para-hydroxylation sites is 1. The van der Waals surface area contributed by atoms with Crippen molar-refractivity contribution in [2.24, 2.45) is 0 Å². The normalized spacial score (nSPS) is 14.1. The standard InChI is InChI=1S/C26H26N4O4S/c1-18(31)27-16-17-30(35(2,33)34)21-14-12-20(13-15-21)28-25(19-8-4-3-5-9-19)24-22-10-6-7-11-23(22)29-26(24)32/h3-15,28H,16-17H2,1-2H3,(H,27,31)(H,29,32). The Morgan fingerprint density at radius 3 is 2.26 bits per heavy atom. The Hall–Kier alpha value is -4.11. The molecule has 0 saturated carbocycles. The first kappa shape index (κ1) is 24.0. The lowest BCUT2D eigenvalue weighted by molar-refractivity contribution is -0.118. The lowest BCUT2D eigenvalue weighted by Gasteiger charge is -2.23. The summed E-state index contributed by atoms with van der Waals surface area (Å²) in [5.41, 5.74) is 4.73. The first-order valence-corrected chi connectivity index (χ1v) is 12.9. The quantitative estimate of drug-likeness (QED) is 0.419. The van der Waals surface area contributed by atoms with E-state index >= 15 is 0 Å². The summed E-state index contributed by atoms with van der Waals surface area (Å²) in [4.78, 5) is 24.1. The van der Waals surface area contributed by atoms with Crippen LogP contribution in [0.3, 0.4) is 0 Å². The number of nitrogens with zero attached hydrogens (tertiary/aromatic N) is 1. The highest BCUT2D eigenvalue weighted by Gasteiger charge is 2.28. The highest BCUT2D eigenvalue weighted by Crippen LogP contribution is 2.37. The molecule has 0 aromatic heterocycles. The number of carbonyl (C=O) groups is 2. The summed E-state index contributed by atoms with van der Waals surface area (Å²) in [6.45, 7) is 1.69. The maximum absolute atomic E-state index is 12.9. The summed E-state index contributed by atoms with van der Waals surface area (Å²) in [6, 6.07) is 24.0. The number of carbonyl (C=O) groups excluding carboxylic acids is 2. The van der Waals surface area contributed by atoms with Crippen molar-refractivity contribution in [3.05, 3.63) is 90.0 Å². The Morgan fingerprint density at radius 2 is 1.60 bits per heavy atom. The molecule has 1 heterocycles. The van der Waals surface area contributed by atoms with Gasteiger partial charge < -0.3 is 16.0 Å². The van der Waals surface area contributed by atoms with E-state index in [1.54, 1.807) is 24.3 Å². The molecule has 0 radical (unpaired) electrons. The smallest absolute Gasteiger partial charge is 0.258 e. The molecular formula is C26H26N4O4S. The molecule has 0 spiro atoms. The minimum atomic E-state index is -3.55. The molecule has 0 saturated heterocycles. The molecular weight excluding hydrogens is 464 g/mol. The summed E-state index contributed by atoms with van der Waals surface area (Å²) in [5.74, 6) is -0.424. The fourth-order valence-electron chi connectivity index (χ4n) is 3.92. The number of sulfonamides is 1. The van der Waals surface area contributed by atoms with Gasteiger partial charge in [-0.15, -0.1) is 0 Å². The molecule has 1 aliphatic rings. The van der Waals surface area contributed by atoms with Crippen molar-refractivity contribution in [1.29, 1.82) is 0 Å². The van der Waals surface area contributed by atoms with Crippen LogP contribution in [0.15, 0.2) is 78.9 Å². The lowest BCUT2D eigenvalue weighted by atomic mass is 10.00. The maximum atomic E-state index is 12.9. The molecule has 0 bridgehead atoms. The van der Waals surface area contributed by atoms with Crippen molar-refractivity contribution < 1.29 is 18.0 Å². The zero-order valence-electron chi connectivity index (χ0n) is 19.4. The SMILES string of the molecule is CC(=O)NCCN(c1ccc(NC(=C2C(=O)Nc3ccccc32)c2ccccc2)cc1)S(C)(=O)=O. The van der Waals surface area contributed by atoms with Gasteiger partial charge in [0.05, 0.1) is 29.8 Å². The number of hydrogen-bond donors (Lipinski definition) is 3. The van der Waals surface area contributed by atoms with Gasteiger partial charge in [0.15, 0.2) is 0 Å². The molecule has 35 heavy (non-hydrogen) atoms. The topological polar surface area (TPSA) is 108 Å². The molecule has 0 aliphatic carbocycles. The summed E-state index contributed by atoms with van der Waals surface area (Å²) >= 11 is 0. The third kappa shape index (κ3) is 5.52. The molecule has 3 aromatic rings. The van der Waals surface area contributed by atoms with Gasteiger partial charge in [-0.3, -0.25) is 13.9 Å². The molecule has 1 aliphatic heterocycles. The van der Waals surface area contributed by atoms with Gasteiger partial charge in [0.2, 0.25) is 15.9 Å². The third-order valence-electron chi connectivity index (χ3n) is 5.50. The summed E-state index contributed by atoms with van der Waals surface area (Å²) in [6.07, 6.45) is 1.13. The predicted molar refractivity (Wildman–Crippen MR) is 139 cm³/mol. The van der Waals surface area contributed by atoms with E-state index < -0.39 is 10.0 Å². The van der Waals surface area contributed by atoms with Crippen molar-refractivity contribution >= 4 is 50.2 Å². The fourth-order valence-corrected chi connectivity index (χ4v) is 4.85.